The van der Waals surface area contributed by atoms with E-state index in [4.69, 9.17) is 4.74 Å². The SMILES string of the molecule is O=C(N1CCC=C[C@@H]1COCc1ccccc1)n1cc(-c2ccc(-c3ccccc3)cc2)nn1. The average molecular weight is 451 g/mol. The minimum atomic E-state index is -0.197. The molecule has 0 saturated carbocycles. The van der Waals surface area contributed by atoms with Gasteiger partial charge >= 0.3 is 6.03 Å². The number of nitrogens with zero attached hydrogens (tertiary/aromatic N) is 4. The number of hydrogen-bond acceptors (Lipinski definition) is 4. The number of rotatable bonds is 6. The first kappa shape index (κ1) is 21.8. The van der Waals surface area contributed by atoms with Gasteiger partial charge in [-0.2, -0.15) is 4.68 Å². The Morgan fingerprint density at radius 3 is 2.32 bits per heavy atom. The summed E-state index contributed by atoms with van der Waals surface area (Å²) < 4.78 is 7.23. The van der Waals surface area contributed by atoms with Crippen LogP contribution in [-0.4, -0.2) is 45.1 Å². The number of carbonyl (C=O) groups is 1. The Bertz CT molecular complexity index is 1250. The van der Waals surface area contributed by atoms with E-state index in [1.165, 1.54) is 4.68 Å². The molecule has 1 aliphatic heterocycles. The van der Waals surface area contributed by atoms with Crippen LogP contribution in [0.25, 0.3) is 22.4 Å². The zero-order valence-corrected chi connectivity index (χ0v) is 18.8. The average Bonchev–Trinajstić information content (AvgIpc) is 3.40. The lowest BCUT2D eigenvalue weighted by atomic mass is 10.0. The molecule has 3 aromatic carbocycles. The second kappa shape index (κ2) is 10.3. The molecule has 0 aliphatic carbocycles. The number of hydrogen-bond donors (Lipinski definition) is 0. The van der Waals surface area contributed by atoms with E-state index in [1.807, 2.05) is 66.7 Å². The van der Waals surface area contributed by atoms with Gasteiger partial charge < -0.3 is 9.64 Å². The molecule has 0 unspecified atom stereocenters. The predicted molar refractivity (Wildman–Crippen MR) is 132 cm³/mol. The first-order valence-electron chi connectivity index (χ1n) is 11.5. The van der Waals surface area contributed by atoms with E-state index >= 15 is 0 Å². The van der Waals surface area contributed by atoms with Crippen LogP contribution in [0.1, 0.15) is 12.0 Å². The number of aromatic nitrogens is 3. The third-order valence-electron chi connectivity index (χ3n) is 5.92. The molecule has 170 valence electrons. The van der Waals surface area contributed by atoms with Gasteiger partial charge in [0, 0.05) is 12.1 Å². The van der Waals surface area contributed by atoms with Crippen LogP contribution in [0.3, 0.4) is 0 Å². The maximum absolute atomic E-state index is 13.2. The lowest BCUT2D eigenvalue weighted by molar-refractivity contribution is 0.0748. The molecular weight excluding hydrogens is 424 g/mol. The third-order valence-corrected chi connectivity index (χ3v) is 5.92. The van der Waals surface area contributed by atoms with Gasteiger partial charge in [0.2, 0.25) is 0 Å². The van der Waals surface area contributed by atoms with Crippen molar-refractivity contribution in [3.63, 3.8) is 0 Å². The van der Waals surface area contributed by atoms with Crippen molar-refractivity contribution in [2.45, 2.75) is 19.1 Å². The van der Waals surface area contributed by atoms with E-state index in [2.05, 4.69) is 40.7 Å². The molecule has 4 aromatic rings. The van der Waals surface area contributed by atoms with Crippen molar-refractivity contribution < 1.29 is 9.53 Å². The molecule has 0 spiro atoms. The van der Waals surface area contributed by atoms with Gasteiger partial charge in [-0.15, -0.1) is 5.10 Å². The summed E-state index contributed by atoms with van der Waals surface area (Å²) in [6, 6.07) is 28.0. The molecule has 1 amide bonds. The van der Waals surface area contributed by atoms with Gasteiger partial charge in [0.1, 0.15) is 5.69 Å². The summed E-state index contributed by atoms with van der Waals surface area (Å²) in [4.78, 5) is 15.0. The summed E-state index contributed by atoms with van der Waals surface area (Å²) in [5.74, 6) is 0. The normalized spacial score (nSPS) is 15.4. The Morgan fingerprint density at radius 1 is 0.882 bits per heavy atom. The highest BCUT2D eigenvalue weighted by molar-refractivity contribution is 5.78. The highest BCUT2D eigenvalue weighted by atomic mass is 16.5. The molecule has 1 aliphatic rings. The molecule has 6 nitrogen and oxygen atoms in total. The highest BCUT2D eigenvalue weighted by Gasteiger charge is 2.26. The molecule has 2 heterocycles. The monoisotopic (exact) mass is 450 g/mol. The zero-order chi connectivity index (χ0) is 23.2. The molecule has 1 atom stereocenters. The molecule has 1 aromatic heterocycles. The number of carbonyl (C=O) groups excluding carboxylic acids is 1. The van der Waals surface area contributed by atoms with Crippen LogP contribution >= 0.6 is 0 Å². The van der Waals surface area contributed by atoms with Crippen LogP contribution in [0.4, 0.5) is 4.79 Å². The van der Waals surface area contributed by atoms with E-state index in [9.17, 15) is 4.79 Å². The van der Waals surface area contributed by atoms with Crippen molar-refractivity contribution >= 4 is 6.03 Å². The lowest BCUT2D eigenvalue weighted by Gasteiger charge is -2.31. The summed E-state index contributed by atoms with van der Waals surface area (Å²) in [6.45, 7) is 1.56. The lowest BCUT2D eigenvalue weighted by Crippen LogP contribution is -2.46. The van der Waals surface area contributed by atoms with Gasteiger partial charge in [0.25, 0.3) is 0 Å². The maximum atomic E-state index is 13.2. The minimum absolute atomic E-state index is 0.136. The Labute approximate surface area is 199 Å². The second-order valence-electron chi connectivity index (χ2n) is 8.25. The van der Waals surface area contributed by atoms with Crippen LogP contribution in [0.15, 0.2) is 103 Å². The molecule has 34 heavy (non-hydrogen) atoms. The second-order valence-corrected chi connectivity index (χ2v) is 8.25. The minimum Gasteiger partial charge on any atom is -0.374 e. The van der Waals surface area contributed by atoms with Crippen LogP contribution in [0, 0.1) is 0 Å². The van der Waals surface area contributed by atoms with E-state index in [1.54, 1.807) is 11.1 Å². The standard InChI is InChI=1S/C28H26N4O2/c33-28(31-18-8-7-13-26(31)21-34-20-22-9-3-1-4-10-22)32-19-27(29-30-32)25-16-14-24(15-17-25)23-11-5-2-6-12-23/h1-7,9-17,19,26H,8,18,20-21H2/t26-/m1/s1. The zero-order valence-electron chi connectivity index (χ0n) is 18.8. The Morgan fingerprint density at radius 2 is 1.56 bits per heavy atom. The smallest absolute Gasteiger partial charge is 0.346 e. The fourth-order valence-corrected chi connectivity index (χ4v) is 4.08. The van der Waals surface area contributed by atoms with Crippen LogP contribution < -0.4 is 0 Å². The van der Waals surface area contributed by atoms with Crippen molar-refractivity contribution in [1.29, 1.82) is 0 Å². The summed E-state index contributed by atoms with van der Waals surface area (Å²) in [6.07, 6.45) is 6.64. The van der Waals surface area contributed by atoms with Crippen LogP contribution in [-0.2, 0) is 11.3 Å². The Hall–Kier alpha value is -4.03. The molecule has 0 bridgehead atoms. The van der Waals surface area contributed by atoms with E-state index in [0.29, 0.717) is 25.5 Å². The van der Waals surface area contributed by atoms with Gasteiger partial charge in [-0.1, -0.05) is 102 Å². The van der Waals surface area contributed by atoms with Gasteiger partial charge in [0.15, 0.2) is 0 Å². The van der Waals surface area contributed by atoms with Crippen molar-refractivity contribution in [3.05, 3.63) is 109 Å². The number of benzene rings is 3. The van der Waals surface area contributed by atoms with E-state index in [-0.39, 0.29) is 12.1 Å². The number of ether oxygens (including phenoxy) is 1. The Balaban J connectivity index is 1.25. The van der Waals surface area contributed by atoms with Gasteiger partial charge in [-0.25, -0.2) is 4.79 Å². The third kappa shape index (κ3) is 4.97. The summed E-state index contributed by atoms with van der Waals surface area (Å²) in [5.41, 5.74) is 4.98. The fraction of sp³-hybridized carbons (Fsp3) is 0.179. The largest absolute Gasteiger partial charge is 0.374 e. The van der Waals surface area contributed by atoms with Crippen LogP contribution in [0.2, 0.25) is 0 Å². The topological polar surface area (TPSA) is 60.2 Å². The summed E-state index contributed by atoms with van der Waals surface area (Å²) >= 11 is 0. The molecule has 0 fully saturated rings. The van der Waals surface area contributed by atoms with Gasteiger partial charge in [0.05, 0.1) is 25.5 Å². The Kier molecular flexibility index (Phi) is 6.59. The van der Waals surface area contributed by atoms with Crippen LogP contribution in [0.5, 0.6) is 0 Å². The molecule has 6 heteroatoms. The molecule has 5 rings (SSSR count). The van der Waals surface area contributed by atoms with Crippen molar-refractivity contribution in [1.82, 2.24) is 19.9 Å². The van der Waals surface area contributed by atoms with E-state index < -0.39 is 0 Å². The maximum Gasteiger partial charge on any atom is 0.346 e. The molecule has 0 radical (unpaired) electrons. The summed E-state index contributed by atoms with van der Waals surface area (Å²) in [7, 11) is 0. The first-order valence-corrected chi connectivity index (χ1v) is 11.5. The fourth-order valence-electron chi connectivity index (χ4n) is 4.08. The highest BCUT2D eigenvalue weighted by Crippen LogP contribution is 2.24. The van der Waals surface area contributed by atoms with Crippen molar-refractivity contribution in [2.24, 2.45) is 0 Å². The molecule has 0 N–H and O–H groups in total. The summed E-state index contributed by atoms with van der Waals surface area (Å²) in [5, 5.41) is 8.37. The van der Waals surface area contributed by atoms with Crippen molar-refractivity contribution in [2.75, 3.05) is 13.2 Å². The quantitative estimate of drug-likeness (QED) is 0.368. The van der Waals surface area contributed by atoms with Gasteiger partial charge in [-0.05, 0) is 23.1 Å². The number of amides is 1. The first-order chi connectivity index (χ1) is 16.8. The predicted octanol–water partition coefficient (Wildman–Crippen LogP) is 5.43. The van der Waals surface area contributed by atoms with E-state index in [0.717, 1.165) is 28.7 Å². The molecular formula is C28H26N4O2. The van der Waals surface area contributed by atoms with Crippen molar-refractivity contribution in [3.8, 4) is 22.4 Å². The molecule has 0 saturated heterocycles. The van der Waals surface area contributed by atoms with Gasteiger partial charge in [-0.3, -0.25) is 0 Å².